The molecule has 0 fully saturated rings. The average Bonchev–Trinajstić information content (AvgIpc) is 3.08. The van der Waals surface area contributed by atoms with Crippen molar-refractivity contribution in [3.05, 3.63) is 102 Å². The maximum atomic E-state index is 12.6. The molecule has 0 saturated heterocycles. The first-order chi connectivity index (χ1) is 15.5. The zero-order valence-corrected chi connectivity index (χ0v) is 18.4. The van der Waals surface area contributed by atoms with Gasteiger partial charge in [-0.2, -0.15) is 0 Å². The molecule has 6 nitrogen and oxygen atoms in total. The molecule has 0 bridgehead atoms. The summed E-state index contributed by atoms with van der Waals surface area (Å²) in [6, 6.07) is 26.6. The van der Waals surface area contributed by atoms with Gasteiger partial charge in [-0.1, -0.05) is 72.8 Å². The fraction of sp³-hybridized carbons (Fsp3) is 0.200. The Bertz CT molecular complexity index is 1210. The van der Waals surface area contributed by atoms with Gasteiger partial charge < -0.3 is 5.32 Å². The van der Waals surface area contributed by atoms with Gasteiger partial charge >= 0.3 is 0 Å². The molecular formula is C25H25N3O3S. The smallest absolute Gasteiger partial charge is 0.263 e. The van der Waals surface area contributed by atoms with Gasteiger partial charge in [0, 0.05) is 18.5 Å². The van der Waals surface area contributed by atoms with Crippen LogP contribution in [0.15, 0.2) is 94.8 Å². The number of benzene rings is 3. The molecule has 3 aromatic rings. The molecule has 0 aliphatic carbocycles. The Hall–Kier alpha value is -3.45. The van der Waals surface area contributed by atoms with Crippen LogP contribution in [0.2, 0.25) is 0 Å². The second-order valence-electron chi connectivity index (χ2n) is 7.66. The number of rotatable bonds is 8. The molecule has 3 aromatic carbocycles. The summed E-state index contributed by atoms with van der Waals surface area (Å²) in [6.07, 6.45) is 1.53. The van der Waals surface area contributed by atoms with Crippen molar-refractivity contribution in [2.75, 3.05) is 6.54 Å². The minimum absolute atomic E-state index is 0.0533. The van der Waals surface area contributed by atoms with E-state index in [9.17, 15) is 13.2 Å². The summed E-state index contributed by atoms with van der Waals surface area (Å²) in [5, 5.41) is 3.14. The molecule has 0 unspecified atom stereocenters. The van der Waals surface area contributed by atoms with Crippen LogP contribution in [0.5, 0.6) is 0 Å². The first kappa shape index (κ1) is 21.8. The van der Waals surface area contributed by atoms with E-state index in [4.69, 9.17) is 0 Å². The SMILES string of the molecule is O=C(CCCN=C1NS(=O)(=O)c2ccccc21)N[C@@H](Cc1ccccc1)c1ccccc1. The Morgan fingerprint density at radius 3 is 2.31 bits per heavy atom. The molecule has 0 saturated carbocycles. The lowest BCUT2D eigenvalue weighted by atomic mass is 9.98. The van der Waals surface area contributed by atoms with Gasteiger partial charge in [0.2, 0.25) is 5.91 Å². The Morgan fingerprint density at radius 1 is 0.906 bits per heavy atom. The second-order valence-corrected chi connectivity index (χ2v) is 9.31. The topological polar surface area (TPSA) is 87.6 Å². The molecular weight excluding hydrogens is 422 g/mol. The lowest BCUT2D eigenvalue weighted by Gasteiger charge is -2.19. The highest BCUT2D eigenvalue weighted by atomic mass is 32.2. The molecule has 164 valence electrons. The third-order valence-corrected chi connectivity index (χ3v) is 6.71. The molecule has 0 aromatic heterocycles. The highest BCUT2D eigenvalue weighted by Gasteiger charge is 2.29. The second kappa shape index (κ2) is 9.78. The molecule has 2 N–H and O–H groups in total. The van der Waals surface area contributed by atoms with Crippen molar-refractivity contribution in [3.63, 3.8) is 0 Å². The van der Waals surface area contributed by atoms with E-state index in [1.807, 2.05) is 48.5 Å². The van der Waals surface area contributed by atoms with E-state index in [1.54, 1.807) is 24.3 Å². The maximum absolute atomic E-state index is 12.6. The first-order valence-electron chi connectivity index (χ1n) is 10.6. The van der Waals surface area contributed by atoms with Crippen molar-refractivity contribution in [1.29, 1.82) is 0 Å². The minimum atomic E-state index is -3.54. The molecule has 32 heavy (non-hydrogen) atoms. The predicted octanol–water partition coefficient (Wildman–Crippen LogP) is 3.61. The monoisotopic (exact) mass is 447 g/mol. The molecule has 1 aliphatic rings. The van der Waals surface area contributed by atoms with Crippen LogP contribution < -0.4 is 10.0 Å². The van der Waals surface area contributed by atoms with Crippen molar-refractivity contribution in [2.45, 2.75) is 30.2 Å². The minimum Gasteiger partial charge on any atom is -0.349 e. The van der Waals surface area contributed by atoms with Crippen LogP contribution in [0, 0.1) is 0 Å². The third-order valence-electron chi connectivity index (χ3n) is 5.31. The van der Waals surface area contributed by atoms with Crippen molar-refractivity contribution in [1.82, 2.24) is 10.0 Å². The van der Waals surface area contributed by atoms with E-state index >= 15 is 0 Å². The fourth-order valence-corrected chi connectivity index (χ4v) is 4.99. The number of aliphatic imine (C=N–C) groups is 1. The summed E-state index contributed by atoms with van der Waals surface area (Å²) in [7, 11) is -3.54. The van der Waals surface area contributed by atoms with E-state index in [1.165, 1.54) is 0 Å². The van der Waals surface area contributed by atoms with E-state index in [-0.39, 0.29) is 16.8 Å². The number of hydrogen-bond donors (Lipinski definition) is 2. The number of nitrogens with one attached hydrogen (secondary N) is 2. The average molecular weight is 448 g/mol. The van der Waals surface area contributed by atoms with Crippen LogP contribution >= 0.6 is 0 Å². The summed E-state index contributed by atoms with van der Waals surface area (Å²) in [4.78, 5) is 17.3. The summed E-state index contributed by atoms with van der Waals surface area (Å²) < 4.78 is 26.8. The van der Waals surface area contributed by atoms with Crippen molar-refractivity contribution in [2.24, 2.45) is 4.99 Å². The number of nitrogens with zero attached hydrogens (tertiary/aromatic N) is 1. The Morgan fingerprint density at radius 2 is 1.56 bits per heavy atom. The number of hydrogen-bond acceptors (Lipinski definition) is 4. The lowest BCUT2D eigenvalue weighted by Crippen LogP contribution is -2.30. The summed E-state index contributed by atoms with van der Waals surface area (Å²) >= 11 is 0. The number of carbonyl (C=O) groups excluding carboxylic acids is 1. The molecule has 0 spiro atoms. The summed E-state index contributed by atoms with van der Waals surface area (Å²) in [5.41, 5.74) is 2.78. The number of amidine groups is 1. The maximum Gasteiger partial charge on any atom is 0.263 e. The molecule has 1 amide bonds. The van der Waals surface area contributed by atoms with Crippen LogP contribution in [0.25, 0.3) is 0 Å². The molecule has 1 aliphatic heterocycles. The molecule has 1 heterocycles. The van der Waals surface area contributed by atoms with Gasteiger partial charge in [-0.05, 0) is 36.1 Å². The van der Waals surface area contributed by atoms with Crippen LogP contribution in [0.3, 0.4) is 0 Å². The Kier molecular flexibility index (Phi) is 6.66. The number of amides is 1. The van der Waals surface area contributed by atoms with E-state index < -0.39 is 10.0 Å². The van der Waals surface area contributed by atoms with Crippen LogP contribution in [-0.2, 0) is 21.2 Å². The molecule has 4 rings (SSSR count). The normalized spacial score (nSPS) is 16.2. The quantitative estimate of drug-likeness (QED) is 0.517. The van der Waals surface area contributed by atoms with E-state index in [0.29, 0.717) is 37.2 Å². The van der Waals surface area contributed by atoms with Crippen molar-refractivity contribution in [3.8, 4) is 0 Å². The van der Waals surface area contributed by atoms with Gasteiger partial charge in [0.1, 0.15) is 5.84 Å². The fourth-order valence-electron chi connectivity index (χ4n) is 3.74. The van der Waals surface area contributed by atoms with Crippen LogP contribution in [0.4, 0.5) is 0 Å². The predicted molar refractivity (Wildman–Crippen MR) is 125 cm³/mol. The number of carbonyl (C=O) groups is 1. The van der Waals surface area contributed by atoms with Gasteiger partial charge in [-0.3, -0.25) is 14.5 Å². The van der Waals surface area contributed by atoms with Gasteiger partial charge in [0.05, 0.1) is 10.9 Å². The summed E-state index contributed by atoms with van der Waals surface area (Å²) in [5.74, 6) is 0.287. The Balaban J connectivity index is 1.36. The van der Waals surface area contributed by atoms with E-state index in [0.717, 1.165) is 11.1 Å². The van der Waals surface area contributed by atoms with Crippen LogP contribution in [-0.4, -0.2) is 26.7 Å². The Labute approximate surface area is 188 Å². The molecule has 0 radical (unpaired) electrons. The van der Waals surface area contributed by atoms with Crippen molar-refractivity contribution >= 4 is 21.8 Å². The van der Waals surface area contributed by atoms with Gasteiger partial charge in [-0.15, -0.1) is 0 Å². The third kappa shape index (κ3) is 5.23. The number of sulfonamides is 1. The van der Waals surface area contributed by atoms with Gasteiger partial charge in [-0.25, -0.2) is 8.42 Å². The highest BCUT2D eigenvalue weighted by Crippen LogP contribution is 2.22. The summed E-state index contributed by atoms with van der Waals surface area (Å²) in [6.45, 7) is 0.355. The standard InChI is InChI=1S/C25H25N3O3S/c29-24(16-9-17-26-25-21-14-7-8-15-23(21)32(30,31)28-25)27-22(20-12-5-2-6-13-20)18-19-10-3-1-4-11-19/h1-8,10-15,22H,9,16-18H2,(H,26,28)(H,27,29)/t22-/m0/s1. The molecule has 7 heteroatoms. The largest absolute Gasteiger partial charge is 0.349 e. The first-order valence-corrected chi connectivity index (χ1v) is 12.1. The van der Waals surface area contributed by atoms with Gasteiger partial charge in [0.25, 0.3) is 10.0 Å². The molecule has 1 atom stereocenters. The zero-order valence-electron chi connectivity index (χ0n) is 17.6. The van der Waals surface area contributed by atoms with Crippen LogP contribution in [0.1, 0.15) is 35.6 Å². The van der Waals surface area contributed by atoms with Crippen molar-refractivity contribution < 1.29 is 13.2 Å². The van der Waals surface area contributed by atoms with E-state index in [2.05, 4.69) is 27.2 Å². The zero-order chi connectivity index (χ0) is 22.4. The van der Waals surface area contributed by atoms with Gasteiger partial charge in [0.15, 0.2) is 0 Å². The lowest BCUT2D eigenvalue weighted by molar-refractivity contribution is -0.121. The number of fused-ring (bicyclic) bond motifs is 1. The highest BCUT2D eigenvalue weighted by molar-refractivity contribution is 7.90.